The highest BCUT2D eigenvalue weighted by Crippen LogP contribution is 2.43. The van der Waals surface area contributed by atoms with Crippen molar-refractivity contribution in [1.82, 2.24) is 9.97 Å². The zero-order valence-corrected chi connectivity index (χ0v) is 18.4. The van der Waals surface area contributed by atoms with Gasteiger partial charge in [-0.2, -0.15) is 0 Å². The molecule has 5 rings (SSSR count). The van der Waals surface area contributed by atoms with Crippen molar-refractivity contribution in [3.8, 4) is 0 Å². The van der Waals surface area contributed by atoms with E-state index in [0.29, 0.717) is 42.6 Å². The van der Waals surface area contributed by atoms with Gasteiger partial charge in [0.2, 0.25) is 0 Å². The molecule has 162 valence electrons. The Balaban J connectivity index is 1.62. The van der Waals surface area contributed by atoms with Crippen molar-refractivity contribution in [2.75, 3.05) is 42.3 Å². The van der Waals surface area contributed by atoms with E-state index in [1.807, 2.05) is 6.07 Å². The second-order valence-electron chi connectivity index (χ2n) is 8.41. The first-order valence-electron chi connectivity index (χ1n) is 10.4. The second-order valence-corrected chi connectivity index (χ2v) is 9.41. The van der Waals surface area contributed by atoms with Crippen molar-refractivity contribution >= 4 is 44.8 Å². The predicted molar refractivity (Wildman–Crippen MR) is 122 cm³/mol. The SMILES string of the molecule is CC1(C)Cc2c(c(N3CCOCC3)nc3sc(C(=O)Nc4ccccn4)c(N)c23)CO1. The molecular formula is C22H25N5O3S. The third-order valence-electron chi connectivity index (χ3n) is 5.70. The van der Waals surface area contributed by atoms with Crippen LogP contribution in [0.15, 0.2) is 24.4 Å². The highest BCUT2D eigenvalue weighted by atomic mass is 32.1. The van der Waals surface area contributed by atoms with E-state index < -0.39 is 0 Å². The number of nitrogen functional groups attached to an aromatic ring is 1. The summed E-state index contributed by atoms with van der Waals surface area (Å²) >= 11 is 1.33. The van der Waals surface area contributed by atoms with Crippen LogP contribution in [0.4, 0.5) is 17.3 Å². The number of morpholine rings is 1. The summed E-state index contributed by atoms with van der Waals surface area (Å²) in [5.41, 5.74) is 8.91. The molecule has 3 aromatic heterocycles. The van der Waals surface area contributed by atoms with Crippen molar-refractivity contribution in [3.05, 3.63) is 40.4 Å². The number of nitrogens with two attached hydrogens (primary N) is 1. The molecular weight excluding hydrogens is 414 g/mol. The van der Waals surface area contributed by atoms with Crippen molar-refractivity contribution in [3.63, 3.8) is 0 Å². The summed E-state index contributed by atoms with van der Waals surface area (Å²) in [6.45, 7) is 7.53. The molecule has 0 saturated carbocycles. The van der Waals surface area contributed by atoms with E-state index in [9.17, 15) is 4.79 Å². The molecule has 1 amide bonds. The zero-order chi connectivity index (χ0) is 21.6. The lowest BCUT2D eigenvalue weighted by molar-refractivity contribution is -0.0396. The summed E-state index contributed by atoms with van der Waals surface area (Å²) in [6, 6.07) is 5.38. The third-order valence-corrected chi connectivity index (χ3v) is 6.80. The Hall–Kier alpha value is -2.75. The van der Waals surface area contributed by atoms with Crippen LogP contribution in [0.2, 0.25) is 0 Å². The standard InChI is InChI=1S/C22H25N5O3S/c1-22(2)11-13-14(12-30-22)19(27-7-9-29-10-8-27)26-21-16(13)17(23)18(31-21)20(28)25-15-5-3-4-6-24-15/h3-6H,7-12,23H2,1-2H3,(H,24,25,28). The summed E-state index contributed by atoms with van der Waals surface area (Å²) < 4.78 is 11.6. The number of aromatic nitrogens is 2. The van der Waals surface area contributed by atoms with Crippen molar-refractivity contribution in [1.29, 1.82) is 0 Å². The van der Waals surface area contributed by atoms with Gasteiger partial charge in [0, 0.05) is 36.7 Å². The summed E-state index contributed by atoms with van der Waals surface area (Å²) in [7, 11) is 0. The number of amides is 1. The first kappa shape index (κ1) is 20.2. The van der Waals surface area contributed by atoms with Crippen LogP contribution in [-0.2, 0) is 22.5 Å². The Morgan fingerprint density at radius 1 is 1.26 bits per heavy atom. The fourth-order valence-electron chi connectivity index (χ4n) is 4.16. The normalized spacial score (nSPS) is 18.1. The van der Waals surface area contributed by atoms with Gasteiger partial charge in [-0.15, -0.1) is 11.3 Å². The predicted octanol–water partition coefficient (Wildman–Crippen LogP) is 3.21. The lowest BCUT2D eigenvalue weighted by Crippen LogP contribution is -2.39. The van der Waals surface area contributed by atoms with Gasteiger partial charge in [0.1, 0.15) is 21.3 Å². The second kappa shape index (κ2) is 7.74. The molecule has 0 aromatic carbocycles. The first-order valence-corrected chi connectivity index (χ1v) is 11.2. The van der Waals surface area contributed by atoms with E-state index in [1.54, 1.807) is 18.3 Å². The molecule has 0 unspecified atom stereocenters. The molecule has 2 aliphatic rings. The number of hydrogen-bond donors (Lipinski definition) is 2. The lowest BCUT2D eigenvalue weighted by atomic mass is 9.89. The molecule has 0 atom stereocenters. The van der Waals surface area contributed by atoms with Crippen LogP contribution in [0.3, 0.4) is 0 Å². The maximum atomic E-state index is 13.0. The van der Waals surface area contributed by atoms with Crippen LogP contribution in [0.25, 0.3) is 10.2 Å². The van der Waals surface area contributed by atoms with Crippen LogP contribution < -0.4 is 16.0 Å². The van der Waals surface area contributed by atoms with E-state index in [2.05, 4.69) is 29.0 Å². The molecule has 8 nitrogen and oxygen atoms in total. The summed E-state index contributed by atoms with van der Waals surface area (Å²) in [4.78, 5) is 25.6. The number of ether oxygens (including phenoxy) is 2. The monoisotopic (exact) mass is 439 g/mol. The van der Waals surface area contributed by atoms with Gasteiger partial charge in [0.25, 0.3) is 5.91 Å². The minimum absolute atomic E-state index is 0.271. The third kappa shape index (κ3) is 3.73. The number of fused-ring (bicyclic) bond motifs is 3. The summed E-state index contributed by atoms with van der Waals surface area (Å²) in [6.07, 6.45) is 2.35. The van der Waals surface area contributed by atoms with Crippen LogP contribution >= 0.6 is 11.3 Å². The van der Waals surface area contributed by atoms with E-state index in [-0.39, 0.29) is 11.5 Å². The maximum Gasteiger partial charge on any atom is 0.269 e. The molecule has 3 aromatic rings. The van der Waals surface area contributed by atoms with Gasteiger partial charge >= 0.3 is 0 Å². The highest BCUT2D eigenvalue weighted by Gasteiger charge is 2.34. The molecule has 31 heavy (non-hydrogen) atoms. The number of nitrogens with zero attached hydrogens (tertiary/aromatic N) is 3. The van der Waals surface area contributed by atoms with E-state index in [1.165, 1.54) is 11.3 Å². The fraction of sp³-hybridized carbons (Fsp3) is 0.409. The minimum atomic E-state index is -0.311. The summed E-state index contributed by atoms with van der Waals surface area (Å²) in [5.74, 6) is 1.13. The number of anilines is 3. The van der Waals surface area contributed by atoms with Gasteiger partial charge < -0.3 is 25.4 Å². The quantitative estimate of drug-likeness (QED) is 0.646. The van der Waals surface area contributed by atoms with Gasteiger partial charge in [-0.05, 0) is 31.5 Å². The molecule has 9 heteroatoms. The topological polar surface area (TPSA) is 103 Å². The van der Waals surface area contributed by atoms with Crippen LogP contribution in [-0.4, -0.2) is 47.8 Å². The molecule has 2 aliphatic heterocycles. The number of thiophene rings is 1. The molecule has 0 radical (unpaired) electrons. The average molecular weight is 440 g/mol. The summed E-state index contributed by atoms with van der Waals surface area (Å²) in [5, 5.41) is 3.71. The van der Waals surface area contributed by atoms with Crippen molar-refractivity contribution < 1.29 is 14.3 Å². The van der Waals surface area contributed by atoms with Gasteiger partial charge in [-0.3, -0.25) is 4.79 Å². The van der Waals surface area contributed by atoms with Gasteiger partial charge in [0.15, 0.2) is 0 Å². The van der Waals surface area contributed by atoms with E-state index in [4.69, 9.17) is 20.2 Å². The molecule has 3 N–H and O–H groups in total. The molecule has 0 aliphatic carbocycles. The largest absolute Gasteiger partial charge is 0.397 e. The van der Waals surface area contributed by atoms with Gasteiger partial charge in [-0.25, -0.2) is 9.97 Å². The number of pyridine rings is 2. The molecule has 1 fully saturated rings. The zero-order valence-electron chi connectivity index (χ0n) is 17.6. The Morgan fingerprint density at radius 3 is 2.81 bits per heavy atom. The molecule has 0 bridgehead atoms. The van der Waals surface area contributed by atoms with E-state index in [0.717, 1.165) is 40.3 Å². The Morgan fingerprint density at radius 2 is 2.06 bits per heavy atom. The van der Waals surface area contributed by atoms with Crippen molar-refractivity contribution in [2.45, 2.75) is 32.5 Å². The maximum absolute atomic E-state index is 13.0. The number of rotatable bonds is 3. The smallest absolute Gasteiger partial charge is 0.269 e. The molecule has 5 heterocycles. The average Bonchev–Trinajstić information content (AvgIpc) is 3.10. The number of carbonyl (C=O) groups is 1. The number of hydrogen-bond acceptors (Lipinski definition) is 8. The van der Waals surface area contributed by atoms with E-state index >= 15 is 0 Å². The van der Waals surface area contributed by atoms with Crippen LogP contribution in [0, 0.1) is 0 Å². The Labute approximate surface area is 184 Å². The van der Waals surface area contributed by atoms with Crippen LogP contribution in [0.1, 0.15) is 34.6 Å². The Bertz CT molecular complexity index is 1140. The highest BCUT2D eigenvalue weighted by molar-refractivity contribution is 7.21. The minimum Gasteiger partial charge on any atom is -0.397 e. The van der Waals surface area contributed by atoms with Crippen LogP contribution in [0.5, 0.6) is 0 Å². The fourth-order valence-corrected chi connectivity index (χ4v) is 5.17. The van der Waals surface area contributed by atoms with Gasteiger partial charge in [0.05, 0.1) is 31.1 Å². The molecule has 1 saturated heterocycles. The van der Waals surface area contributed by atoms with Crippen molar-refractivity contribution in [2.24, 2.45) is 0 Å². The first-order chi connectivity index (χ1) is 14.9. The number of nitrogens with one attached hydrogen (secondary N) is 1. The molecule has 0 spiro atoms. The number of carbonyl (C=O) groups excluding carboxylic acids is 1. The Kier molecular flexibility index (Phi) is 5.04. The van der Waals surface area contributed by atoms with Gasteiger partial charge in [-0.1, -0.05) is 6.07 Å². The lowest BCUT2D eigenvalue weighted by Gasteiger charge is -2.36.